The summed E-state index contributed by atoms with van der Waals surface area (Å²) in [7, 11) is 0. The Hall–Kier alpha value is -3.40. The summed E-state index contributed by atoms with van der Waals surface area (Å²) in [5.41, 5.74) is 3.13. The Labute approximate surface area is 195 Å². The topological polar surface area (TPSA) is 115 Å². The highest BCUT2D eigenvalue weighted by molar-refractivity contribution is 5.82. The number of amides is 1. The maximum Gasteiger partial charge on any atom is 0.250 e. The van der Waals surface area contributed by atoms with Crippen LogP contribution in [0.15, 0.2) is 64.0 Å². The molecule has 0 radical (unpaired) electrons. The number of nitrogens with one attached hydrogen (secondary N) is 2. The molecule has 176 valence electrons. The largest absolute Gasteiger partial charge is 0.595 e. The summed E-state index contributed by atoms with van der Waals surface area (Å²) in [6, 6.07) is 14.2. The van der Waals surface area contributed by atoms with Crippen LogP contribution >= 0.6 is 0 Å². The minimum absolute atomic E-state index is 0.00165. The molecule has 3 N–H and O–H groups in total. The SMILES string of the molecule is O=C(NCc1ccco1)[C@@H]1Cc2cc([NH+]([O-])O)ccc2N2CC3CC(Cn4c3cccc4=O)[C@@H]12. The van der Waals surface area contributed by atoms with Crippen LogP contribution in [0.1, 0.15) is 29.4 Å². The molecule has 2 bridgehead atoms. The zero-order valence-corrected chi connectivity index (χ0v) is 18.5. The number of pyridine rings is 1. The fraction of sp³-hybridized carbons (Fsp3) is 0.360. The highest BCUT2D eigenvalue weighted by Gasteiger charge is 2.49. The number of nitrogens with zero attached hydrogens (tertiary/aromatic N) is 2. The van der Waals surface area contributed by atoms with Crippen molar-refractivity contribution in [2.45, 2.75) is 37.9 Å². The van der Waals surface area contributed by atoms with Gasteiger partial charge in [0.15, 0.2) is 5.69 Å². The molecule has 1 amide bonds. The first kappa shape index (κ1) is 21.2. The highest BCUT2D eigenvalue weighted by atomic mass is 16.8. The van der Waals surface area contributed by atoms with E-state index in [2.05, 4.69) is 10.2 Å². The van der Waals surface area contributed by atoms with Crippen molar-refractivity contribution in [3.8, 4) is 0 Å². The molecule has 5 atom stereocenters. The molecule has 3 aromatic rings. The van der Waals surface area contributed by atoms with E-state index in [9.17, 15) is 20.0 Å². The maximum atomic E-state index is 13.5. The molecule has 9 heteroatoms. The van der Waals surface area contributed by atoms with Crippen LogP contribution in [-0.2, 0) is 24.3 Å². The van der Waals surface area contributed by atoms with Crippen LogP contribution in [0.25, 0.3) is 0 Å². The van der Waals surface area contributed by atoms with Gasteiger partial charge in [0, 0.05) is 54.6 Å². The van der Waals surface area contributed by atoms with Gasteiger partial charge in [-0.2, -0.15) is 5.23 Å². The molecule has 0 saturated carbocycles. The van der Waals surface area contributed by atoms with Gasteiger partial charge in [0.25, 0.3) is 5.56 Å². The fourth-order valence-corrected chi connectivity index (χ4v) is 6.20. The number of carbonyl (C=O) groups is 1. The summed E-state index contributed by atoms with van der Waals surface area (Å²) in [4.78, 5) is 28.4. The van der Waals surface area contributed by atoms with Crippen LogP contribution in [0, 0.1) is 17.0 Å². The predicted octanol–water partition coefficient (Wildman–Crippen LogP) is 1.33. The zero-order valence-electron chi connectivity index (χ0n) is 18.5. The Balaban J connectivity index is 1.39. The lowest BCUT2D eigenvalue weighted by Gasteiger charge is -2.54. The molecule has 1 fully saturated rings. The van der Waals surface area contributed by atoms with Crippen molar-refractivity contribution in [2.75, 3.05) is 11.4 Å². The van der Waals surface area contributed by atoms with Gasteiger partial charge in [-0.3, -0.25) is 9.59 Å². The lowest BCUT2D eigenvalue weighted by Crippen LogP contribution is -2.99. The van der Waals surface area contributed by atoms with E-state index in [1.165, 1.54) is 0 Å². The molecule has 5 heterocycles. The number of aromatic nitrogens is 1. The van der Waals surface area contributed by atoms with Crippen LogP contribution < -0.4 is 21.0 Å². The van der Waals surface area contributed by atoms with Gasteiger partial charge in [-0.05, 0) is 48.6 Å². The number of piperidine rings is 1. The van der Waals surface area contributed by atoms with Crippen molar-refractivity contribution in [2.24, 2.45) is 11.8 Å². The van der Waals surface area contributed by atoms with E-state index < -0.39 is 5.23 Å². The molecule has 9 nitrogen and oxygen atoms in total. The van der Waals surface area contributed by atoms with E-state index in [0.29, 0.717) is 31.8 Å². The van der Waals surface area contributed by atoms with Gasteiger partial charge in [0.05, 0.1) is 18.7 Å². The summed E-state index contributed by atoms with van der Waals surface area (Å²) >= 11 is 0. The highest BCUT2D eigenvalue weighted by Crippen LogP contribution is 2.47. The summed E-state index contributed by atoms with van der Waals surface area (Å²) in [5.74, 6) is 0.552. The van der Waals surface area contributed by atoms with Crippen molar-refractivity contribution in [1.82, 2.24) is 9.88 Å². The van der Waals surface area contributed by atoms with Gasteiger partial charge in [-0.25, -0.2) is 5.21 Å². The van der Waals surface area contributed by atoms with Crippen molar-refractivity contribution < 1.29 is 19.6 Å². The second-order valence-corrected chi connectivity index (χ2v) is 9.49. The van der Waals surface area contributed by atoms with Gasteiger partial charge in [0.1, 0.15) is 5.76 Å². The summed E-state index contributed by atoms with van der Waals surface area (Å²) in [6.45, 7) is 1.57. The van der Waals surface area contributed by atoms with Crippen LogP contribution in [-0.4, -0.2) is 28.3 Å². The van der Waals surface area contributed by atoms with Crippen molar-refractivity contribution in [3.63, 3.8) is 0 Å². The van der Waals surface area contributed by atoms with Crippen LogP contribution in [0.4, 0.5) is 11.4 Å². The summed E-state index contributed by atoms with van der Waals surface area (Å²) in [6.07, 6.45) is 2.96. The van der Waals surface area contributed by atoms with Crippen LogP contribution in [0.5, 0.6) is 0 Å². The van der Waals surface area contributed by atoms with Crippen molar-refractivity contribution in [3.05, 3.63) is 87.4 Å². The number of fused-ring (bicyclic) bond motifs is 8. The number of hydrogen-bond acceptors (Lipinski definition) is 6. The average molecular weight is 463 g/mol. The van der Waals surface area contributed by atoms with Gasteiger partial charge >= 0.3 is 0 Å². The standard InChI is InChI=1S/C25H26N4O5/c30-23-5-1-4-21-16-9-17(14-27(21)23)24-20(25(31)26-12-19-3-2-8-34-19)11-15-10-18(29(32)33)6-7-22(15)28(24)13-16/h1-8,10,16-17,20,24,29,32H,9,11-14H2,(H,26,31)/t16?,17?,20-,24+/m1/s1. The third-order valence-electron chi connectivity index (χ3n) is 7.61. The normalized spacial score (nSPS) is 25.6. The lowest BCUT2D eigenvalue weighted by molar-refractivity contribution is -0.991. The molecule has 3 aliphatic heterocycles. The third kappa shape index (κ3) is 3.44. The Kier molecular flexibility index (Phi) is 5.05. The summed E-state index contributed by atoms with van der Waals surface area (Å²) < 4.78 is 7.24. The maximum absolute atomic E-state index is 13.5. The molecule has 2 aromatic heterocycles. The number of anilines is 1. The van der Waals surface area contributed by atoms with Gasteiger partial charge < -0.3 is 24.4 Å². The third-order valence-corrected chi connectivity index (χ3v) is 7.61. The monoisotopic (exact) mass is 462 g/mol. The number of rotatable bonds is 4. The van der Waals surface area contributed by atoms with E-state index >= 15 is 0 Å². The molecular formula is C25H26N4O5. The van der Waals surface area contributed by atoms with Gasteiger partial charge in [0.2, 0.25) is 5.91 Å². The van der Waals surface area contributed by atoms with Crippen molar-refractivity contribution in [1.29, 1.82) is 0 Å². The van der Waals surface area contributed by atoms with E-state index in [1.807, 2.05) is 28.8 Å². The Morgan fingerprint density at radius 1 is 1.21 bits per heavy atom. The number of hydrogen-bond donors (Lipinski definition) is 3. The lowest BCUT2D eigenvalue weighted by atomic mass is 9.70. The first-order chi connectivity index (χ1) is 16.5. The number of quaternary nitrogens is 1. The summed E-state index contributed by atoms with van der Waals surface area (Å²) in [5, 5.41) is 23.2. The molecule has 3 aliphatic rings. The first-order valence-corrected chi connectivity index (χ1v) is 11.6. The van der Waals surface area contributed by atoms with E-state index in [-0.39, 0.29) is 40.9 Å². The Morgan fingerprint density at radius 3 is 2.88 bits per heavy atom. The second-order valence-electron chi connectivity index (χ2n) is 9.49. The molecule has 0 spiro atoms. The van der Waals surface area contributed by atoms with E-state index in [1.54, 1.807) is 30.5 Å². The Morgan fingerprint density at radius 2 is 2.09 bits per heavy atom. The number of carbonyl (C=O) groups excluding carboxylic acids is 1. The quantitative estimate of drug-likeness (QED) is 0.504. The molecule has 3 unspecified atom stereocenters. The predicted molar refractivity (Wildman–Crippen MR) is 123 cm³/mol. The number of benzene rings is 1. The van der Waals surface area contributed by atoms with Crippen LogP contribution in [0.2, 0.25) is 0 Å². The average Bonchev–Trinajstić information content (AvgIpc) is 3.36. The molecule has 1 aromatic carbocycles. The Bertz CT molecular complexity index is 1280. The van der Waals surface area contributed by atoms with E-state index in [0.717, 1.165) is 23.4 Å². The molecule has 34 heavy (non-hydrogen) atoms. The minimum Gasteiger partial charge on any atom is -0.595 e. The number of furan rings is 1. The van der Waals surface area contributed by atoms with Crippen LogP contribution in [0.3, 0.4) is 0 Å². The van der Waals surface area contributed by atoms with Gasteiger partial charge in [-0.15, -0.1) is 0 Å². The smallest absolute Gasteiger partial charge is 0.250 e. The van der Waals surface area contributed by atoms with Gasteiger partial charge in [-0.1, -0.05) is 6.07 Å². The molecular weight excluding hydrogens is 436 g/mol. The first-order valence-electron chi connectivity index (χ1n) is 11.6. The molecule has 0 aliphatic carbocycles. The fourth-order valence-electron chi connectivity index (χ4n) is 6.20. The second kappa shape index (κ2) is 8.12. The zero-order chi connectivity index (χ0) is 23.4. The molecule has 6 rings (SSSR count). The van der Waals surface area contributed by atoms with Crippen molar-refractivity contribution >= 4 is 17.3 Å². The van der Waals surface area contributed by atoms with E-state index in [4.69, 9.17) is 4.42 Å². The minimum atomic E-state index is -0.979. The molecule has 1 saturated heterocycles.